The molecular formula is C12H12F4O2. The quantitative estimate of drug-likeness (QED) is 0.608. The molecule has 0 bridgehead atoms. The van der Waals surface area contributed by atoms with Gasteiger partial charge in [-0.15, -0.1) is 13.2 Å². The van der Waals surface area contributed by atoms with Gasteiger partial charge >= 0.3 is 6.36 Å². The number of alkyl halides is 3. The van der Waals surface area contributed by atoms with Crippen molar-refractivity contribution < 1.29 is 27.1 Å². The van der Waals surface area contributed by atoms with Crippen LogP contribution in [0.3, 0.4) is 0 Å². The predicted octanol–water partition coefficient (Wildman–Crippen LogP) is 3.95. The number of Topliss-reactive ketones (excluding diaryl/α,β-unsaturated/α-hetero) is 1. The number of hydrogen-bond acceptors (Lipinski definition) is 2. The van der Waals surface area contributed by atoms with Gasteiger partial charge in [-0.25, -0.2) is 4.39 Å². The Morgan fingerprint density at radius 3 is 2.44 bits per heavy atom. The Morgan fingerprint density at radius 1 is 1.39 bits per heavy atom. The molecule has 0 aliphatic rings. The van der Waals surface area contributed by atoms with Crippen molar-refractivity contribution >= 4 is 5.78 Å². The van der Waals surface area contributed by atoms with Gasteiger partial charge in [0, 0.05) is 11.5 Å². The first-order valence-electron chi connectivity index (χ1n) is 5.34. The van der Waals surface area contributed by atoms with Crippen LogP contribution in [0, 0.1) is 11.7 Å². The first-order chi connectivity index (χ1) is 8.24. The number of benzene rings is 1. The number of ether oxygens (including phenoxy) is 1. The average Bonchev–Trinajstić information content (AvgIpc) is 2.28. The van der Waals surface area contributed by atoms with Gasteiger partial charge in [-0.1, -0.05) is 13.8 Å². The van der Waals surface area contributed by atoms with E-state index in [-0.39, 0.29) is 17.3 Å². The molecule has 0 heterocycles. The molecule has 0 aliphatic carbocycles. The summed E-state index contributed by atoms with van der Waals surface area (Å²) in [6.07, 6.45) is -4.38. The van der Waals surface area contributed by atoms with Gasteiger partial charge in [0.2, 0.25) is 0 Å². The molecule has 1 aromatic rings. The molecule has 1 aromatic carbocycles. The van der Waals surface area contributed by atoms with Crippen LogP contribution < -0.4 is 4.74 Å². The molecular weight excluding hydrogens is 252 g/mol. The summed E-state index contributed by atoms with van der Waals surface area (Å²) in [4.78, 5) is 11.7. The second-order valence-electron chi connectivity index (χ2n) is 3.87. The first kappa shape index (κ1) is 14.5. The summed E-state index contributed by atoms with van der Waals surface area (Å²) in [7, 11) is 0. The van der Waals surface area contributed by atoms with E-state index in [1.165, 1.54) is 0 Å². The van der Waals surface area contributed by atoms with E-state index in [4.69, 9.17) is 0 Å². The largest absolute Gasteiger partial charge is 0.573 e. The molecule has 0 radical (unpaired) electrons. The first-order valence-corrected chi connectivity index (χ1v) is 5.34. The van der Waals surface area contributed by atoms with Crippen molar-refractivity contribution in [2.24, 2.45) is 5.92 Å². The third-order valence-electron chi connectivity index (χ3n) is 2.50. The molecule has 0 saturated heterocycles. The van der Waals surface area contributed by atoms with Crippen LogP contribution in [0.4, 0.5) is 17.6 Å². The lowest BCUT2D eigenvalue weighted by Crippen LogP contribution is -2.18. The predicted molar refractivity (Wildman–Crippen MR) is 56.9 cm³/mol. The van der Waals surface area contributed by atoms with E-state index in [2.05, 4.69) is 4.74 Å². The van der Waals surface area contributed by atoms with Crippen LogP contribution in [-0.4, -0.2) is 12.1 Å². The van der Waals surface area contributed by atoms with Crippen LogP contribution in [-0.2, 0) is 0 Å². The maximum Gasteiger partial charge on any atom is 0.573 e. The van der Waals surface area contributed by atoms with Gasteiger partial charge < -0.3 is 4.74 Å². The van der Waals surface area contributed by atoms with Crippen molar-refractivity contribution in [1.82, 2.24) is 0 Å². The average molecular weight is 264 g/mol. The fraction of sp³-hybridized carbons (Fsp3) is 0.417. The number of halogens is 4. The fourth-order valence-corrected chi connectivity index (χ4v) is 1.33. The molecule has 0 aromatic heterocycles. The standard InChI is InChI=1S/C12H12F4O2/c1-3-7(2)11(17)8-4-5-10(9(13)6-8)18-12(14,15)16/h4-7H,3H2,1-2H3. The summed E-state index contributed by atoms with van der Waals surface area (Å²) in [5.74, 6) is -2.77. The summed E-state index contributed by atoms with van der Waals surface area (Å²) in [5.41, 5.74) is 0.0383. The maximum atomic E-state index is 13.3. The minimum Gasteiger partial charge on any atom is -0.403 e. The van der Waals surface area contributed by atoms with Crippen LogP contribution in [0.5, 0.6) is 5.75 Å². The van der Waals surface area contributed by atoms with Crippen LogP contribution in [0.25, 0.3) is 0 Å². The Hall–Kier alpha value is -1.59. The smallest absolute Gasteiger partial charge is 0.403 e. The highest BCUT2D eigenvalue weighted by Crippen LogP contribution is 2.26. The van der Waals surface area contributed by atoms with E-state index >= 15 is 0 Å². The molecule has 1 atom stereocenters. The van der Waals surface area contributed by atoms with Crippen molar-refractivity contribution in [2.45, 2.75) is 26.6 Å². The number of ketones is 1. The fourth-order valence-electron chi connectivity index (χ4n) is 1.33. The molecule has 1 rings (SSSR count). The Labute approximate surface area is 102 Å². The number of carbonyl (C=O) groups is 1. The monoisotopic (exact) mass is 264 g/mol. The third-order valence-corrected chi connectivity index (χ3v) is 2.50. The van der Waals surface area contributed by atoms with Gasteiger partial charge in [-0.3, -0.25) is 4.79 Å². The molecule has 1 unspecified atom stereocenters. The number of rotatable bonds is 4. The second kappa shape index (κ2) is 5.37. The lowest BCUT2D eigenvalue weighted by molar-refractivity contribution is -0.275. The number of hydrogen-bond donors (Lipinski definition) is 0. The highest BCUT2D eigenvalue weighted by molar-refractivity contribution is 5.97. The van der Waals surface area contributed by atoms with Crippen LogP contribution in [0.1, 0.15) is 30.6 Å². The van der Waals surface area contributed by atoms with Gasteiger partial charge in [0.05, 0.1) is 0 Å². The van der Waals surface area contributed by atoms with Gasteiger partial charge in [-0.2, -0.15) is 0 Å². The highest BCUT2D eigenvalue weighted by Gasteiger charge is 2.32. The van der Waals surface area contributed by atoms with Crippen LogP contribution >= 0.6 is 0 Å². The normalized spacial score (nSPS) is 13.2. The summed E-state index contributed by atoms with van der Waals surface area (Å²) in [5, 5.41) is 0. The van der Waals surface area contributed by atoms with E-state index in [1.807, 2.05) is 0 Å². The molecule has 2 nitrogen and oxygen atoms in total. The van der Waals surface area contributed by atoms with Crippen molar-refractivity contribution in [1.29, 1.82) is 0 Å². The molecule has 0 saturated carbocycles. The maximum absolute atomic E-state index is 13.3. The van der Waals surface area contributed by atoms with E-state index in [1.54, 1.807) is 13.8 Å². The number of carbonyl (C=O) groups excluding carboxylic acids is 1. The minimum atomic E-state index is -4.96. The second-order valence-corrected chi connectivity index (χ2v) is 3.87. The van der Waals surface area contributed by atoms with Gasteiger partial charge in [0.25, 0.3) is 0 Å². The van der Waals surface area contributed by atoms with Crippen molar-refractivity contribution in [3.05, 3.63) is 29.6 Å². The lowest BCUT2D eigenvalue weighted by Gasteiger charge is -2.11. The topological polar surface area (TPSA) is 26.3 Å². The Bertz CT molecular complexity index is 440. The van der Waals surface area contributed by atoms with E-state index in [0.29, 0.717) is 6.42 Å². The molecule has 18 heavy (non-hydrogen) atoms. The summed E-state index contributed by atoms with van der Waals surface area (Å²) in [6.45, 7) is 3.46. The lowest BCUT2D eigenvalue weighted by atomic mass is 9.97. The van der Waals surface area contributed by atoms with E-state index in [9.17, 15) is 22.4 Å². The van der Waals surface area contributed by atoms with Gasteiger partial charge in [-0.05, 0) is 24.6 Å². The minimum absolute atomic E-state index is 0.0383. The van der Waals surface area contributed by atoms with Gasteiger partial charge in [0.1, 0.15) is 0 Å². The highest BCUT2D eigenvalue weighted by atomic mass is 19.4. The molecule has 0 N–H and O–H groups in total. The SMILES string of the molecule is CCC(C)C(=O)c1ccc(OC(F)(F)F)c(F)c1. The summed E-state index contributed by atoms with van der Waals surface area (Å²) < 4.78 is 52.5. The van der Waals surface area contributed by atoms with Crippen molar-refractivity contribution in [2.75, 3.05) is 0 Å². The van der Waals surface area contributed by atoms with Crippen LogP contribution in [0.2, 0.25) is 0 Å². The molecule has 0 spiro atoms. The molecule has 0 amide bonds. The Kier molecular flexibility index (Phi) is 4.32. The van der Waals surface area contributed by atoms with E-state index in [0.717, 1.165) is 18.2 Å². The summed E-state index contributed by atoms with van der Waals surface area (Å²) in [6, 6.07) is 2.69. The Morgan fingerprint density at radius 2 is 2.00 bits per heavy atom. The Balaban J connectivity index is 2.96. The third kappa shape index (κ3) is 3.72. The zero-order chi connectivity index (χ0) is 13.9. The summed E-state index contributed by atoms with van der Waals surface area (Å²) >= 11 is 0. The van der Waals surface area contributed by atoms with Gasteiger partial charge in [0.15, 0.2) is 17.3 Å². The van der Waals surface area contributed by atoms with Crippen LogP contribution in [0.15, 0.2) is 18.2 Å². The molecule has 0 fully saturated rings. The molecule has 0 aliphatic heterocycles. The molecule has 100 valence electrons. The zero-order valence-electron chi connectivity index (χ0n) is 9.84. The molecule has 6 heteroatoms. The zero-order valence-corrected chi connectivity index (χ0v) is 9.84. The van der Waals surface area contributed by atoms with Crippen molar-refractivity contribution in [3.63, 3.8) is 0 Å². The van der Waals surface area contributed by atoms with E-state index < -0.39 is 17.9 Å². The van der Waals surface area contributed by atoms with Crippen molar-refractivity contribution in [3.8, 4) is 5.75 Å².